The Hall–Kier alpha value is -1.49. The summed E-state index contributed by atoms with van der Waals surface area (Å²) in [5, 5.41) is 6.61. The van der Waals surface area contributed by atoms with Crippen molar-refractivity contribution in [3.05, 3.63) is 34.0 Å². The van der Waals surface area contributed by atoms with Crippen molar-refractivity contribution in [1.29, 1.82) is 0 Å². The number of ketones is 1. The highest BCUT2D eigenvalue weighted by Gasteiger charge is 2.14. The first-order chi connectivity index (χ1) is 6.68. The fourth-order valence-corrected chi connectivity index (χ4v) is 1.79. The van der Waals surface area contributed by atoms with E-state index < -0.39 is 0 Å². The smallest absolute Gasteiger partial charge is 0.230 e. The molecule has 4 nitrogen and oxygen atoms in total. The molecule has 0 bridgehead atoms. The van der Waals surface area contributed by atoms with E-state index in [4.69, 9.17) is 0 Å². The van der Waals surface area contributed by atoms with Crippen molar-refractivity contribution in [1.82, 2.24) is 14.8 Å². The van der Waals surface area contributed by atoms with Gasteiger partial charge in [0.1, 0.15) is 11.4 Å². The van der Waals surface area contributed by atoms with Crippen molar-refractivity contribution in [2.24, 2.45) is 7.05 Å². The Morgan fingerprint density at radius 2 is 2.36 bits per heavy atom. The highest BCUT2D eigenvalue weighted by atomic mass is 32.1. The standard InChI is InChI=1S/C9H9N3OS/c1-6-11-7(5-14-6)9(13)8-3-4-10-12(8)2/h3-5H,1-2H3. The molecule has 14 heavy (non-hydrogen) atoms. The maximum absolute atomic E-state index is 11.8. The molecule has 0 N–H and O–H groups in total. The highest BCUT2D eigenvalue weighted by molar-refractivity contribution is 7.09. The van der Waals surface area contributed by atoms with Crippen LogP contribution in [0.1, 0.15) is 21.2 Å². The second kappa shape index (κ2) is 3.34. The first kappa shape index (κ1) is 9.08. The molecule has 72 valence electrons. The van der Waals surface area contributed by atoms with E-state index in [9.17, 15) is 4.79 Å². The van der Waals surface area contributed by atoms with E-state index in [1.54, 1.807) is 29.4 Å². The number of aromatic nitrogens is 3. The number of hydrogen-bond acceptors (Lipinski definition) is 4. The lowest BCUT2D eigenvalue weighted by atomic mass is 10.2. The molecule has 0 atom stereocenters. The summed E-state index contributed by atoms with van der Waals surface area (Å²) in [5.41, 5.74) is 1.06. The predicted molar refractivity (Wildman–Crippen MR) is 53.5 cm³/mol. The van der Waals surface area contributed by atoms with Crippen LogP contribution in [0.15, 0.2) is 17.6 Å². The van der Waals surface area contributed by atoms with Gasteiger partial charge in [0.15, 0.2) is 0 Å². The number of thiazole rings is 1. The van der Waals surface area contributed by atoms with Crippen molar-refractivity contribution in [2.45, 2.75) is 6.92 Å². The van der Waals surface area contributed by atoms with Crippen molar-refractivity contribution < 1.29 is 4.79 Å². The second-order valence-corrected chi connectivity index (χ2v) is 3.98. The van der Waals surface area contributed by atoms with Gasteiger partial charge in [0.25, 0.3) is 0 Å². The van der Waals surface area contributed by atoms with Gasteiger partial charge in [-0.15, -0.1) is 11.3 Å². The van der Waals surface area contributed by atoms with E-state index in [0.717, 1.165) is 5.01 Å². The molecule has 2 aromatic rings. The number of nitrogens with zero attached hydrogens (tertiary/aromatic N) is 3. The lowest BCUT2D eigenvalue weighted by Crippen LogP contribution is -2.08. The first-order valence-corrected chi connectivity index (χ1v) is 5.01. The van der Waals surface area contributed by atoms with E-state index >= 15 is 0 Å². The molecule has 0 saturated carbocycles. The molecule has 2 rings (SSSR count). The van der Waals surface area contributed by atoms with Gasteiger partial charge in [0.2, 0.25) is 5.78 Å². The average Bonchev–Trinajstić information content (AvgIpc) is 2.73. The normalized spacial score (nSPS) is 10.4. The van der Waals surface area contributed by atoms with Gasteiger partial charge in [-0.3, -0.25) is 9.48 Å². The van der Waals surface area contributed by atoms with Gasteiger partial charge in [-0.1, -0.05) is 0 Å². The fourth-order valence-electron chi connectivity index (χ4n) is 1.20. The van der Waals surface area contributed by atoms with Crippen LogP contribution in [0.25, 0.3) is 0 Å². The quantitative estimate of drug-likeness (QED) is 0.700. The van der Waals surface area contributed by atoms with Crippen LogP contribution < -0.4 is 0 Å². The average molecular weight is 207 g/mol. The summed E-state index contributed by atoms with van der Waals surface area (Å²) < 4.78 is 1.55. The predicted octanol–water partition coefficient (Wildman–Crippen LogP) is 1.42. The summed E-state index contributed by atoms with van der Waals surface area (Å²) in [6.07, 6.45) is 1.60. The molecule has 0 unspecified atom stereocenters. The van der Waals surface area contributed by atoms with Gasteiger partial charge in [-0.05, 0) is 13.0 Å². The minimum absolute atomic E-state index is 0.0747. The molecule has 0 saturated heterocycles. The van der Waals surface area contributed by atoms with Gasteiger partial charge in [0, 0.05) is 18.6 Å². The minimum Gasteiger partial charge on any atom is -0.285 e. The lowest BCUT2D eigenvalue weighted by Gasteiger charge is -1.96. The second-order valence-electron chi connectivity index (χ2n) is 2.92. The van der Waals surface area contributed by atoms with Gasteiger partial charge in [0.05, 0.1) is 5.01 Å². The van der Waals surface area contributed by atoms with Crippen LogP contribution in [0, 0.1) is 6.92 Å². The Balaban J connectivity index is 2.38. The molecule has 0 radical (unpaired) electrons. The zero-order valence-corrected chi connectivity index (χ0v) is 8.71. The van der Waals surface area contributed by atoms with Gasteiger partial charge < -0.3 is 0 Å². The first-order valence-electron chi connectivity index (χ1n) is 4.13. The summed E-state index contributed by atoms with van der Waals surface area (Å²) in [4.78, 5) is 16.0. The van der Waals surface area contributed by atoms with Crippen LogP contribution in [-0.2, 0) is 7.05 Å². The topological polar surface area (TPSA) is 47.8 Å². The van der Waals surface area contributed by atoms with E-state index in [1.807, 2.05) is 6.92 Å². The lowest BCUT2D eigenvalue weighted by molar-refractivity contribution is 0.102. The van der Waals surface area contributed by atoms with Crippen LogP contribution >= 0.6 is 11.3 Å². The zero-order valence-electron chi connectivity index (χ0n) is 7.89. The molecule has 0 fully saturated rings. The third kappa shape index (κ3) is 1.46. The molecule has 2 heterocycles. The summed E-state index contributed by atoms with van der Waals surface area (Å²) in [5.74, 6) is -0.0747. The van der Waals surface area contributed by atoms with Crippen LogP contribution in [0.5, 0.6) is 0 Å². The van der Waals surface area contributed by atoms with Crippen LogP contribution in [0.4, 0.5) is 0 Å². The maximum Gasteiger partial charge on any atom is 0.230 e. The van der Waals surface area contributed by atoms with E-state index in [0.29, 0.717) is 11.4 Å². The van der Waals surface area contributed by atoms with Crippen LogP contribution in [-0.4, -0.2) is 20.5 Å². The van der Waals surface area contributed by atoms with E-state index in [-0.39, 0.29) is 5.78 Å². The minimum atomic E-state index is -0.0747. The Kier molecular flexibility index (Phi) is 2.17. The third-order valence-electron chi connectivity index (χ3n) is 1.91. The van der Waals surface area contributed by atoms with Crippen molar-refractivity contribution >= 4 is 17.1 Å². The van der Waals surface area contributed by atoms with Crippen molar-refractivity contribution in [3.8, 4) is 0 Å². The number of rotatable bonds is 2. The van der Waals surface area contributed by atoms with Gasteiger partial charge >= 0.3 is 0 Å². The monoisotopic (exact) mass is 207 g/mol. The summed E-state index contributed by atoms with van der Waals surface area (Å²) in [6, 6.07) is 1.69. The Morgan fingerprint density at radius 3 is 2.86 bits per heavy atom. The Labute approximate surface area is 85.2 Å². The van der Waals surface area contributed by atoms with Crippen molar-refractivity contribution in [2.75, 3.05) is 0 Å². The molecule has 0 aromatic carbocycles. The Morgan fingerprint density at radius 1 is 1.57 bits per heavy atom. The Bertz CT molecular complexity index is 472. The summed E-state index contributed by atoms with van der Waals surface area (Å²) >= 11 is 1.47. The number of carbonyl (C=O) groups is 1. The maximum atomic E-state index is 11.8. The van der Waals surface area contributed by atoms with E-state index in [2.05, 4.69) is 10.1 Å². The largest absolute Gasteiger partial charge is 0.285 e. The molecule has 0 spiro atoms. The van der Waals surface area contributed by atoms with Crippen LogP contribution in [0.2, 0.25) is 0 Å². The zero-order chi connectivity index (χ0) is 10.1. The van der Waals surface area contributed by atoms with Crippen LogP contribution in [0.3, 0.4) is 0 Å². The van der Waals surface area contributed by atoms with Gasteiger partial charge in [-0.2, -0.15) is 5.10 Å². The molecular weight excluding hydrogens is 198 g/mol. The van der Waals surface area contributed by atoms with E-state index in [1.165, 1.54) is 11.3 Å². The summed E-state index contributed by atoms with van der Waals surface area (Å²) in [6.45, 7) is 1.88. The number of hydrogen-bond donors (Lipinski definition) is 0. The molecule has 0 aliphatic carbocycles. The molecule has 0 aliphatic heterocycles. The third-order valence-corrected chi connectivity index (χ3v) is 2.68. The molecule has 0 amide bonds. The molecular formula is C9H9N3OS. The number of carbonyl (C=O) groups excluding carboxylic acids is 1. The number of aryl methyl sites for hydroxylation is 2. The molecule has 0 aliphatic rings. The molecule has 5 heteroatoms. The fraction of sp³-hybridized carbons (Fsp3) is 0.222. The summed E-state index contributed by atoms with van der Waals surface area (Å²) in [7, 11) is 1.74. The highest BCUT2D eigenvalue weighted by Crippen LogP contribution is 2.12. The molecule has 2 aromatic heterocycles. The SMILES string of the molecule is Cc1nc(C(=O)c2ccnn2C)cs1. The van der Waals surface area contributed by atoms with Crippen molar-refractivity contribution in [3.63, 3.8) is 0 Å². The van der Waals surface area contributed by atoms with Gasteiger partial charge in [-0.25, -0.2) is 4.98 Å².